The van der Waals surface area contributed by atoms with Gasteiger partial charge in [-0.1, -0.05) is 0 Å². The summed E-state index contributed by atoms with van der Waals surface area (Å²) in [6.07, 6.45) is 2.32. The van der Waals surface area contributed by atoms with Gasteiger partial charge in [0.1, 0.15) is 4.88 Å². The Hall–Kier alpha value is -0.940. The first-order valence-corrected chi connectivity index (χ1v) is 6.37. The number of hydrogen-bond acceptors (Lipinski definition) is 4. The van der Waals surface area contributed by atoms with E-state index < -0.39 is 0 Å². The van der Waals surface area contributed by atoms with E-state index in [-0.39, 0.29) is 11.4 Å². The van der Waals surface area contributed by atoms with Gasteiger partial charge in [-0.15, -0.1) is 11.3 Å². The lowest BCUT2D eigenvalue weighted by Gasteiger charge is -2.29. The molecule has 0 saturated heterocycles. The molecule has 0 aliphatic heterocycles. The highest BCUT2D eigenvalue weighted by atomic mass is 32.1. The summed E-state index contributed by atoms with van der Waals surface area (Å²) < 4.78 is 0. The van der Waals surface area contributed by atoms with Crippen LogP contribution in [0.1, 0.15) is 35.1 Å². The Kier molecular flexibility index (Phi) is 2.99. The zero-order valence-corrected chi connectivity index (χ0v) is 10.4. The number of carbonyl (C=O) groups is 1. The minimum atomic E-state index is -0.256. The fourth-order valence-corrected chi connectivity index (χ4v) is 2.57. The van der Waals surface area contributed by atoms with Gasteiger partial charge in [-0.2, -0.15) is 0 Å². The molecule has 1 aliphatic carbocycles. The molecule has 16 heavy (non-hydrogen) atoms. The van der Waals surface area contributed by atoms with E-state index >= 15 is 0 Å². The van der Waals surface area contributed by atoms with Crippen LogP contribution >= 0.6 is 11.3 Å². The van der Waals surface area contributed by atoms with Crippen molar-refractivity contribution in [3.8, 4) is 0 Å². The third kappa shape index (κ3) is 2.10. The molecule has 0 bridgehead atoms. The fraction of sp³-hybridized carbons (Fsp3) is 0.636. The van der Waals surface area contributed by atoms with Gasteiger partial charge in [-0.25, -0.2) is 4.98 Å². The number of amides is 1. The summed E-state index contributed by atoms with van der Waals surface area (Å²) in [6.45, 7) is 4.36. The van der Waals surface area contributed by atoms with Crippen LogP contribution in [0.2, 0.25) is 0 Å². The minimum Gasteiger partial charge on any atom is -0.345 e. The van der Waals surface area contributed by atoms with E-state index in [1.54, 1.807) is 5.51 Å². The fourth-order valence-electron chi connectivity index (χ4n) is 1.88. The molecular formula is C11H17N3OS. The van der Waals surface area contributed by atoms with Crippen molar-refractivity contribution in [1.82, 2.24) is 10.3 Å². The number of thiazole rings is 1. The van der Waals surface area contributed by atoms with E-state index in [1.807, 2.05) is 13.8 Å². The molecule has 0 radical (unpaired) electrons. The lowest BCUT2D eigenvalue weighted by atomic mass is 9.96. The van der Waals surface area contributed by atoms with Gasteiger partial charge in [0.05, 0.1) is 16.7 Å². The van der Waals surface area contributed by atoms with E-state index in [0.29, 0.717) is 17.3 Å². The highest BCUT2D eigenvalue weighted by Gasteiger charge is 2.41. The third-order valence-corrected chi connectivity index (χ3v) is 4.18. The molecule has 1 aromatic heterocycles. The summed E-state index contributed by atoms with van der Waals surface area (Å²) in [5, 5.41) is 3.05. The Balaban J connectivity index is 2.09. The summed E-state index contributed by atoms with van der Waals surface area (Å²) in [4.78, 5) is 16.8. The van der Waals surface area contributed by atoms with Crippen molar-refractivity contribution in [2.24, 2.45) is 11.7 Å². The number of aromatic nitrogens is 1. The van der Waals surface area contributed by atoms with Crippen molar-refractivity contribution >= 4 is 17.2 Å². The average Bonchev–Trinajstić information content (AvgIpc) is 3.02. The van der Waals surface area contributed by atoms with Gasteiger partial charge in [-0.05, 0) is 32.6 Å². The second-order valence-corrected chi connectivity index (χ2v) is 5.47. The quantitative estimate of drug-likeness (QED) is 0.832. The largest absolute Gasteiger partial charge is 0.345 e. The molecule has 1 amide bonds. The molecule has 3 N–H and O–H groups in total. The molecular weight excluding hydrogens is 222 g/mol. The summed E-state index contributed by atoms with van der Waals surface area (Å²) >= 11 is 1.38. The predicted molar refractivity (Wildman–Crippen MR) is 64.5 cm³/mol. The van der Waals surface area contributed by atoms with E-state index in [0.717, 1.165) is 18.5 Å². The Morgan fingerprint density at radius 2 is 2.44 bits per heavy atom. The van der Waals surface area contributed by atoms with E-state index in [4.69, 9.17) is 5.73 Å². The Bertz CT molecular complexity index is 400. The number of hydrogen-bond donors (Lipinski definition) is 2. The van der Waals surface area contributed by atoms with Crippen LogP contribution in [0.25, 0.3) is 0 Å². The highest BCUT2D eigenvalue weighted by molar-refractivity contribution is 7.11. The first-order chi connectivity index (χ1) is 7.57. The van der Waals surface area contributed by atoms with Gasteiger partial charge >= 0.3 is 0 Å². The van der Waals surface area contributed by atoms with Crippen molar-refractivity contribution in [2.45, 2.75) is 32.2 Å². The molecule has 1 atom stereocenters. The summed E-state index contributed by atoms with van der Waals surface area (Å²) in [6, 6.07) is 0. The van der Waals surface area contributed by atoms with Crippen LogP contribution < -0.4 is 11.1 Å². The van der Waals surface area contributed by atoms with Gasteiger partial charge < -0.3 is 11.1 Å². The Morgan fingerprint density at radius 3 is 2.88 bits per heavy atom. The van der Waals surface area contributed by atoms with Crippen LogP contribution in [0.4, 0.5) is 0 Å². The van der Waals surface area contributed by atoms with E-state index in [2.05, 4.69) is 10.3 Å². The first-order valence-electron chi connectivity index (χ1n) is 5.49. The molecule has 0 aromatic carbocycles. The maximum Gasteiger partial charge on any atom is 0.263 e. The molecule has 1 fully saturated rings. The maximum absolute atomic E-state index is 12.0. The number of nitrogens with zero attached hydrogens (tertiary/aromatic N) is 1. The van der Waals surface area contributed by atoms with E-state index in [9.17, 15) is 4.79 Å². The molecule has 1 unspecified atom stereocenters. The Labute approximate surface area is 99.3 Å². The van der Waals surface area contributed by atoms with Gasteiger partial charge in [0.25, 0.3) is 5.91 Å². The SMILES string of the molecule is Cc1ncsc1C(=O)NC(C)(CN)C1CC1. The number of rotatable bonds is 4. The summed E-state index contributed by atoms with van der Waals surface area (Å²) in [5.41, 5.74) is 7.99. The predicted octanol–water partition coefficient (Wildman–Crippen LogP) is 1.31. The Morgan fingerprint density at radius 1 is 1.75 bits per heavy atom. The van der Waals surface area contributed by atoms with Crippen LogP contribution in [-0.2, 0) is 0 Å². The highest BCUT2D eigenvalue weighted by Crippen LogP contribution is 2.39. The summed E-state index contributed by atoms with van der Waals surface area (Å²) in [5.74, 6) is 0.495. The minimum absolute atomic E-state index is 0.0418. The molecule has 0 spiro atoms. The molecule has 1 heterocycles. The van der Waals surface area contributed by atoms with Crippen molar-refractivity contribution in [2.75, 3.05) is 6.54 Å². The third-order valence-electron chi connectivity index (χ3n) is 3.25. The normalized spacial score (nSPS) is 19.2. The molecule has 1 aliphatic rings. The molecule has 2 rings (SSSR count). The van der Waals surface area contributed by atoms with Crippen molar-refractivity contribution in [3.63, 3.8) is 0 Å². The van der Waals surface area contributed by atoms with Crippen LogP contribution in [0.5, 0.6) is 0 Å². The molecule has 4 nitrogen and oxygen atoms in total. The number of nitrogens with one attached hydrogen (secondary N) is 1. The van der Waals surface area contributed by atoms with Crippen LogP contribution in [0, 0.1) is 12.8 Å². The second-order valence-electron chi connectivity index (χ2n) is 4.62. The standard InChI is InChI=1S/C11H17N3OS/c1-7-9(16-6-13-7)10(15)14-11(2,5-12)8-3-4-8/h6,8H,3-5,12H2,1-2H3,(H,14,15). The van der Waals surface area contributed by atoms with Crippen LogP contribution in [0.3, 0.4) is 0 Å². The monoisotopic (exact) mass is 239 g/mol. The van der Waals surface area contributed by atoms with Crippen molar-refractivity contribution in [3.05, 3.63) is 16.1 Å². The van der Waals surface area contributed by atoms with Gasteiger partial charge in [-0.3, -0.25) is 4.79 Å². The number of carbonyl (C=O) groups excluding carboxylic acids is 1. The zero-order chi connectivity index (χ0) is 11.8. The van der Waals surface area contributed by atoms with Gasteiger partial charge in [0.15, 0.2) is 0 Å². The number of nitrogens with two attached hydrogens (primary N) is 1. The summed E-state index contributed by atoms with van der Waals surface area (Å²) in [7, 11) is 0. The smallest absolute Gasteiger partial charge is 0.263 e. The van der Waals surface area contributed by atoms with Gasteiger partial charge in [0, 0.05) is 6.54 Å². The molecule has 5 heteroatoms. The van der Waals surface area contributed by atoms with Crippen molar-refractivity contribution < 1.29 is 4.79 Å². The lowest BCUT2D eigenvalue weighted by Crippen LogP contribution is -2.53. The van der Waals surface area contributed by atoms with Gasteiger partial charge in [0.2, 0.25) is 0 Å². The topological polar surface area (TPSA) is 68.0 Å². The first kappa shape index (κ1) is 11.5. The average molecular weight is 239 g/mol. The lowest BCUT2D eigenvalue weighted by molar-refractivity contribution is 0.0901. The molecule has 1 saturated carbocycles. The van der Waals surface area contributed by atoms with Crippen LogP contribution in [0.15, 0.2) is 5.51 Å². The molecule has 1 aromatic rings. The zero-order valence-electron chi connectivity index (χ0n) is 9.62. The number of aryl methyl sites for hydroxylation is 1. The molecule has 88 valence electrons. The van der Waals surface area contributed by atoms with Crippen LogP contribution in [-0.4, -0.2) is 23.0 Å². The maximum atomic E-state index is 12.0. The van der Waals surface area contributed by atoms with E-state index in [1.165, 1.54) is 11.3 Å². The second kappa shape index (κ2) is 4.14. The van der Waals surface area contributed by atoms with Crippen molar-refractivity contribution in [1.29, 1.82) is 0 Å².